The topological polar surface area (TPSA) is 75.7 Å². The third-order valence-electron chi connectivity index (χ3n) is 4.72. The fourth-order valence-corrected chi connectivity index (χ4v) is 4.72. The van der Waals surface area contributed by atoms with E-state index in [-0.39, 0.29) is 12.0 Å². The van der Waals surface area contributed by atoms with Crippen molar-refractivity contribution in [2.75, 3.05) is 26.0 Å². The predicted octanol–water partition coefficient (Wildman–Crippen LogP) is 1.66. The summed E-state index contributed by atoms with van der Waals surface area (Å²) in [5.41, 5.74) is -0.946. The second-order valence-corrected chi connectivity index (χ2v) is 8.65. The van der Waals surface area contributed by atoms with E-state index < -0.39 is 15.6 Å². The highest BCUT2D eigenvalue weighted by Gasteiger charge is 2.45. The van der Waals surface area contributed by atoms with Gasteiger partial charge in [0.25, 0.3) is 0 Å². The molecule has 0 bridgehead atoms. The molecule has 7 heteroatoms. The van der Waals surface area contributed by atoms with Gasteiger partial charge in [-0.25, -0.2) is 8.42 Å². The van der Waals surface area contributed by atoms with Gasteiger partial charge in [-0.3, -0.25) is 4.79 Å². The molecular formula is C16H30N2O4S. The summed E-state index contributed by atoms with van der Waals surface area (Å²) in [6, 6.07) is 0. The minimum atomic E-state index is -3.42. The fourth-order valence-electron chi connectivity index (χ4n) is 3.72. The van der Waals surface area contributed by atoms with Gasteiger partial charge in [0.1, 0.15) is 5.54 Å². The number of nitrogens with zero attached hydrogens (tertiary/aromatic N) is 1. The van der Waals surface area contributed by atoms with Crippen LogP contribution in [0.25, 0.3) is 0 Å². The number of hydrogen-bond acceptors (Lipinski definition) is 4. The maximum absolute atomic E-state index is 13.1. The van der Waals surface area contributed by atoms with E-state index >= 15 is 0 Å². The Morgan fingerprint density at radius 2 is 1.96 bits per heavy atom. The molecule has 1 saturated heterocycles. The van der Waals surface area contributed by atoms with Crippen LogP contribution in [0.15, 0.2) is 0 Å². The quantitative estimate of drug-likeness (QED) is 0.793. The number of ether oxygens (including phenoxy) is 1. The monoisotopic (exact) mass is 346 g/mol. The Morgan fingerprint density at radius 3 is 2.57 bits per heavy atom. The van der Waals surface area contributed by atoms with E-state index in [0.717, 1.165) is 44.8 Å². The first kappa shape index (κ1) is 18.7. The van der Waals surface area contributed by atoms with Gasteiger partial charge >= 0.3 is 0 Å². The van der Waals surface area contributed by atoms with Crippen LogP contribution in [0.5, 0.6) is 0 Å². The van der Waals surface area contributed by atoms with E-state index in [1.165, 1.54) is 0 Å². The molecule has 1 unspecified atom stereocenters. The van der Waals surface area contributed by atoms with Crippen LogP contribution < -0.4 is 4.72 Å². The van der Waals surface area contributed by atoms with Crippen molar-refractivity contribution in [3.8, 4) is 0 Å². The summed E-state index contributed by atoms with van der Waals surface area (Å²) in [7, 11) is -3.42. The number of nitrogens with one attached hydrogen (secondary N) is 1. The molecule has 1 amide bonds. The molecule has 0 aromatic heterocycles. The summed E-state index contributed by atoms with van der Waals surface area (Å²) in [5.74, 6) is -0.0626. The molecule has 0 aromatic rings. The van der Waals surface area contributed by atoms with Crippen LogP contribution in [-0.2, 0) is 19.6 Å². The predicted molar refractivity (Wildman–Crippen MR) is 89.6 cm³/mol. The largest absolute Gasteiger partial charge is 0.376 e. The average Bonchev–Trinajstić information content (AvgIpc) is 2.51. The van der Waals surface area contributed by atoms with Crippen molar-refractivity contribution in [2.45, 2.75) is 69.9 Å². The number of rotatable bonds is 6. The van der Waals surface area contributed by atoms with Crippen molar-refractivity contribution in [1.29, 1.82) is 0 Å². The average molecular weight is 346 g/mol. The molecular weight excluding hydrogens is 316 g/mol. The summed E-state index contributed by atoms with van der Waals surface area (Å²) < 4.78 is 32.1. The Labute approximate surface area is 140 Å². The Balaban J connectivity index is 2.10. The lowest BCUT2D eigenvalue weighted by atomic mass is 9.81. The standard InChI is InChI=1S/C16H30N2O4S/c1-3-12-22-14-8-7-11-18(13-14)15(19)16(17-23(2,20)21)9-5-4-6-10-16/h14,17H,3-13H2,1-2H3. The lowest BCUT2D eigenvalue weighted by molar-refractivity contribution is -0.143. The number of hydrogen-bond donors (Lipinski definition) is 1. The number of carbonyl (C=O) groups is 1. The SMILES string of the molecule is CCCOC1CCCN(C(=O)C2(NS(C)(=O)=O)CCCCC2)C1. The maximum atomic E-state index is 13.1. The third-order valence-corrected chi connectivity index (χ3v) is 5.48. The molecule has 6 nitrogen and oxygen atoms in total. The van der Waals surface area contributed by atoms with Crippen molar-refractivity contribution < 1.29 is 17.9 Å². The number of piperidine rings is 1. The van der Waals surface area contributed by atoms with Gasteiger partial charge in [-0.15, -0.1) is 0 Å². The van der Waals surface area contributed by atoms with Crippen LogP contribution in [0.2, 0.25) is 0 Å². The Kier molecular flexibility index (Phi) is 6.45. The highest BCUT2D eigenvalue weighted by molar-refractivity contribution is 7.88. The van der Waals surface area contributed by atoms with Gasteiger partial charge in [0.2, 0.25) is 15.9 Å². The fraction of sp³-hybridized carbons (Fsp3) is 0.938. The van der Waals surface area contributed by atoms with Crippen LogP contribution in [0.4, 0.5) is 0 Å². The van der Waals surface area contributed by atoms with Crippen molar-refractivity contribution >= 4 is 15.9 Å². The summed E-state index contributed by atoms with van der Waals surface area (Å²) >= 11 is 0. The number of amides is 1. The van der Waals surface area contributed by atoms with Gasteiger partial charge in [0.15, 0.2) is 0 Å². The smallest absolute Gasteiger partial charge is 0.243 e. The van der Waals surface area contributed by atoms with E-state index in [2.05, 4.69) is 11.6 Å². The zero-order valence-electron chi connectivity index (χ0n) is 14.3. The Bertz CT molecular complexity index is 500. The van der Waals surface area contributed by atoms with Gasteiger partial charge in [0.05, 0.1) is 12.4 Å². The van der Waals surface area contributed by atoms with E-state index in [0.29, 0.717) is 32.5 Å². The van der Waals surface area contributed by atoms with Crippen molar-refractivity contribution in [1.82, 2.24) is 9.62 Å². The lowest BCUT2D eigenvalue weighted by Gasteiger charge is -2.42. The normalized spacial score (nSPS) is 25.3. The Hall–Kier alpha value is -0.660. The van der Waals surface area contributed by atoms with Crippen molar-refractivity contribution in [3.63, 3.8) is 0 Å². The van der Waals surface area contributed by atoms with Crippen LogP contribution in [0.1, 0.15) is 58.3 Å². The second kappa shape index (κ2) is 7.94. The van der Waals surface area contributed by atoms with Crippen LogP contribution in [0, 0.1) is 0 Å². The van der Waals surface area contributed by atoms with Crippen LogP contribution in [-0.4, -0.2) is 56.8 Å². The number of sulfonamides is 1. The Morgan fingerprint density at radius 1 is 1.26 bits per heavy atom. The van der Waals surface area contributed by atoms with E-state index in [4.69, 9.17) is 4.74 Å². The molecule has 1 atom stereocenters. The van der Waals surface area contributed by atoms with E-state index in [9.17, 15) is 13.2 Å². The second-order valence-electron chi connectivity index (χ2n) is 6.90. The molecule has 1 aliphatic heterocycles. The molecule has 23 heavy (non-hydrogen) atoms. The summed E-state index contributed by atoms with van der Waals surface area (Å²) in [4.78, 5) is 14.9. The maximum Gasteiger partial charge on any atom is 0.243 e. The molecule has 0 aromatic carbocycles. The molecule has 1 heterocycles. The molecule has 2 aliphatic rings. The first-order chi connectivity index (χ1) is 10.9. The van der Waals surface area contributed by atoms with E-state index in [1.54, 1.807) is 0 Å². The first-order valence-electron chi connectivity index (χ1n) is 8.76. The van der Waals surface area contributed by atoms with Gasteiger partial charge in [-0.1, -0.05) is 26.2 Å². The molecule has 1 saturated carbocycles. The van der Waals surface area contributed by atoms with Crippen LogP contribution in [0.3, 0.4) is 0 Å². The van der Waals surface area contributed by atoms with Crippen LogP contribution >= 0.6 is 0 Å². The van der Waals surface area contributed by atoms with Gasteiger partial charge < -0.3 is 9.64 Å². The van der Waals surface area contributed by atoms with Crippen molar-refractivity contribution in [2.24, 2.45) is 0 Å². The summed E-state index contributed by atoms with van der Waals surface area (Å²) in [6.45, 7) is 4.04. The lowest BCUT2D eigenvalue weighted by Crippen LogP contribution is -2.62. The summed E-state index contributed by atoms with van der Waals surface area (Å²) in [6.07, 6.45) is 8.08. The molecule has 0 spiro atoms. The minimum Gasteiger partial charge on any atom is -0.376 e. The highest BCUT2D eigenvalue weighted by Crippen LogP contribution is 2.32. The molecule has 0 radical (unpaired) electrons. The van der Waals surface area contributed by atoms with Gasteiger partial charge in [0, 0.05) is 19.7 Å². The molecule has 134 valence electrons. The number of likely N-dealkylation sites (tertiary alicyclic amines) is 1. The number of carbonyl (C=O) groups excluding carboxylic acids is 1. The highest BCUT2D eigenvalue weighted by atomic mass is 32.2. The molecule has 1 aliphatic carbocycles. The summed E-state index contributed by atoms with van der Waals surface area (Å²) in [5, 5.41) is 0. The third kappa shape index (κ3) is 5.16. The van der Waals surface area contributed by atoms with Gasteiger partial charge in [-0.2, -0.15) is 4.72 Å². The zero-order valence-corrected chi connectivity index (χ0v) is 15.2. The van der Waals surface area contributed by atoms with Gasteiger partial charge in [-0.05, 0) is 32.1 Å². The molecule has 1 N–H and O–H groups in total. The minimum absolute atomic E-state index is 0.0626. The van der Waals surface area contributed by atoms with E-state index in [1.807, 2.05) is 4.90 Å². The zero-order chi connectivity index (χ0) is 16.9. The first-order valence-corrected chi connectivity index (χ1v) is 10.7. The molecule has 2 rings (SSSR count). The van der Waals surface area contributed by atoms with Crippen molar-refractivity contribution in [3.05, 3.63) is 0 Å². The molecule has 2 fully saturated rings.